The molecular weight excluding hydrogens is 280 g/mol. The molecule has 0 aliphatic carbocycles. The highest BCUT2D eigenvalue weighted by Crippen LogP contribution is 2.24. The molecule has 0 saturated carbocycles. The predicted octanol–water partition coefficient (Wildman–Crippen LogP) is 2.06. The molecule has 0 bridgehead atoms. The van der Waals surface area contributed by atoms with Gasteiger partial charge in [-0.2, -0.15) is 0 Å². The number of aliphatic carboxylic acids is 1. The largest absolute Gasteiger partial charge is 0.480 e. The van der Waals surface area contributed by atoms with E-state index in [1.807, 2.05) is 6.92 Å². The van der Waals surface area contributed by atoms with Crippen LogP contribution in [0.3, 0.4) is 0 Å². The standard InChI is InChI=1S/C17H32N2O3/c1-4-16(17(20)21)19-9-6-15(7-10-19)5-8-18-11-13(2)22-14(3)12-18/h13-16H,4-12H2,1-3H3,(H,20,21)/t13-,14-,16-/m1/s1. The summed E-state index contributed by atoms with van der Waals surface area (Å²) in [5.41, 5.74) is 0. The van der Waals surface area contributed by atoms with Crippen molar-refractivity contribution in [2.24, 2.45) is 5.92 Å². The van der Waals surface area contributed by atoms with Gasteiger partial charge in [-0.15, -0.1) is 0 Å². The number of likely N-dealkylation sites (tertiary alicyclic amines) is 1. The van der Waals surface area contributed by atoms with Gasteiger partial charge < -0.3 is 9.84 Å². The van der Waals surface area contributed by atoms with Gasteiger partial charge in [0.1, 0.15) is 6.04 Å². The minimum absolute atomic E-state index is 0.290. The van der Waals surface area contributed by atoms with Gasteiger partial charge in [-0.05, 0) is 65.1 Å². The van der Waals surface area contributed by atoms with Crippen LogP contribution in [0.2, 0.25) is 0 Å². The number of carbonyl (C=O) groups is 1. The summed E-state index contributed by atoms with van der Waals surface area (Å²) in [5.74, 6) is 0.0771. The second-order valence-electron chi connectivity index (χ2n) is 7.05. The van der Waals surface area contributed by atoms with E-state index in [2.05, 4.69) is 23.6 Å². The van der Waals surface area contributed by atoms with Gasteiger partial charge in [0.15, 0.2) is 0 Å². The molecule has 2 aliphatic rings. The first-order chi connectivity index (χ1) is 10.5. The van der Waals surface area contributed by atoms with E-state index in [1.54, 1.807) is 0 Å². The second kappa shape index (κ2) is 8.27. The SMILES string of the molecule is CC[C@H](C(=O)O)N1CCC(CCN2C[C@@H](C)O[C@H](C)C2)CC1. The van der Waals surface area contributed by atoms with E-state index < -0.39 is 5.97 Å². The van der Waals surface area contributed by atoms with E-state index in [0.717, 1.165) is 51.5 Å². The lowest BCUT2D eigenvalue weighted by atomic mass is 9.92. The molecule has 0 unspecified atom stereocenters. The summed E-state index contributed by atoms with van der Waals surface area (Å²) >= 11 is 0. The molecule has 0 spiro atoms. The summed E-state index contributed by atoms with van der Waals surface area (Å²) in [7, 11) is 0. The molecule has 2 rings (SSSR count). The Kier molecular flexibility index (Phi) is 6.66. The van der Waals surface area contributed by atoms with Crippen LogP contribution in [0.1, 0.15) is 46.5 Å². The van der Waals surface area contributed by atoms with Crippen LogP contribution in [0.4, 0.5) is 0 Å². The van der Waals surface area contributed by atoms with Crippen molar-refractivity contribution >= 4 is 5.97 Å². The molecule has 2 aliphatic heterocycles. The van der Waals surface area contributed by atoms with Crippen molar-refractivity contribution in [3.8, 4) is 0 Å². The number of rotatable bonds is 6. The summed E-state index contributed by atoms with van der Waals surface area (Å²) < 4.78 is 5.78. The Balaban J connectivity index is 1.70. The molecule has 0 aromatic heterocycles. The highest BCUT2D eigenvalue weighted by atomic mass is 16.5. The Labute approximate surface area is 134 Å². The van der Waals surface area contributed by atoms with Crippen LogP contribution in [0.15, 0.2) is 0 Å². The van der Waals surface area contributed by atoms with Gasteiger partial charge in [0.25, 0.3) is 0 Å². The number of piperidine rings is 1. The molecule has 22 heavy (non-hydrogen) atoms. The first-order valence-corrected chi connectivity index (χ1v) is 8.84. The van der Waals surface area contributed by atoms with Crippen LogP contribution >= 0.6 is 0 Å². The van der Waals surface area contributed by atoms with Crippen LogP contribution in [0, 0.1) is 5.92 Å². The van der Waals surface area contributed by atoms with Gasteiger partial charge in [-0.1, -0.05) is 6.92 Å². The Bertz CT molecular complexity index is 346. The topological polar surface area (TPSA) is 53.0 Å². The fraction of sp³-hybridized carbons (Fsp3) is 0.941. The van der Waals surface area contributed by atoms with Gasteiger partial charge >= 0.3 is 5.97 Å². The molecule has 0 aromatic carbocycles. The second-order valence-corrected chi connectivity index (χ2v) is 7.05. The fourth-order valence-corrected chi connectivity index (χ4v) is 3.97. The number of nitrogens with zero attached hydrogens (tertiary/aromatic N) is 2. The third kappa shape index (κ3) is 4.93. The van der Waals surface area contributed by atoms with Crippen molar-refractivity contribution in [2.45, 2.75) is 64.7 Å². The first-order valence-electron chi connectivity index (χ1n) is 8.84. The monoisotopic (exact) mass is 312 g/mol. The quantitative estimate of drug-likeness (QED) is 0.813. The number of carboxylic acid groups (broad SMARTS) is 1. The molecule has 5 nitrogen and oxygen atoms in total. The van der Waals surface area contributed by atoms with E-state index >= 15 is 0 Å². The molecular formula is C17H32N2O3. The Morgan fingerprint density at radius 2 is 1.82 bits per heavy atom. The van der Waals surface area contributed by atoms with Crippen LogP contribution in [-0.2, 0) is 9.53 Å². The maximum atomic E-state index is 11.2. The lowest BCUT2D eigenvalue weighted by molar-refractivity contribution is -0.144. The van der Waals surface area contributed by atoms with Crippen molar-refractivity contribution in [3.63, 3.8) is 0 Å². The Morgan fingerprint density at radius 3 is 2.32 bits per heavy atom. The molecule has 0 amide bonds. The van der Waals surface area contributed by atoms with Crippen molar-refractivity contribution in [2.75, 3.05) is 32.7 Å². The maximum Gasteiger partial charge on any atom is 0.320 e. The lowest BCUT2D eigenvalue weighted by Crippen LogP contribution is -2.47. The Hall–Kier alpha value is -0.650. The number of hydrogen-bond donors (Lipinski definition) is 1. The maximum absolute atomic E-state index is 11.2. The Morgan fingerprint density at radius 1 is 1.23 bits per heavy atom. The normalized spacial score (nSPS) is 30.3. The van der Waals surface area contributed by atoms with Gasteiger partial charge in [-0.25, -0.2) is 0 Å². The minimum Gasteiger partial charge on any atom is -0.480 e. The van der Waals surface area contributed by atoms with E-state index in [-0.39, 0.29) is 6.04 Å². The smallest absolute Gasteiger partial charge is 0.320 e. The number of hydrogen-bond acceptors (Lipinski definition) is 4. The van der Waals surface area contributed by atoms with Gasteiger partial charge in [0.05, 0.1) is 12.2 Å². The third-order valence-corrected chi connectivity index (χ3v) is 5.11. The predicted molar refractivity (Wildman–Crippen MR) is 87.1 cm³/mol. The van der Waals surface area contributed by atoms with E-state index in [9.17, 15) is 9.90 Å². The molecule has 2 heterocycles. The van der Waals surface area contributed by atoms with Gasteiger partial charge in [0.2, 0.25) is 0 Å². The summed E-state index contributed by atoms with van der Waals surface area (Å²) in [5, 5.41) is 9.25. The number of morpholine rings is 1. The van der Waals surface area contributed by atoms with Crippen LogP contribution < -0.4 is 0 Å². The molecule has 128 valence electrons. The van der Waals surface area contributed by atoms with Crippen molar-refractivity contribution in [1.29, 1.82) is 0 Å². The summed E-state index contributed by atoms with van der Waals surface area (Å²) in [4.78, 5) is 15.9. The zero-order valence-corrected chi connectivity index (χ0v) is 14.3. The first kappa shape index (κ1) is 17.7. The van der Waals surface area contributed by atoms with E-state index in [0.29, 0.717) is 18.6 Å². The molecule has 0 radical (unpaired) electrons. The molecule has 0 aromatic rings. The van der Waals surface area contributed by atoms with Crippen LogP contribution in [-0.4, -0.2) is 71.8 Å². The molecule has 5 heteroatoms. The van der Waals surface area contributed by atoms with Crippen LogP contribution in [0.5, 0.6) is 0 Å². The molecule has 1 N–H and O–H groups in total. The van der Waals surface area contributed by atoms with E-state index in [4.69, 9.17) is 4.74 Å². The van der Waals surface area contributed by atoms with Crippen molar-refractivity contribution < 1.29 is 14.6 Å². The molecule has 2 saturated heterocycles. The number of ether oxygens (including phenoxy) is 1. The molecule has 3 atom stereocenters. The summed E-state index contributed by atoms with van der Waals surface area (Å²) in [6, 6.07) is -0.290. The zero-order valence-electron chi connectivity index (χ0n) is 14.3. The lowest BCUT2D eigenvalue weighted by Gasteiger charge is -2.38. The fourth-order valence-electron chi connectivity index (χ4n) is 3.97. The van der Waals surface area contributed by atoms with E-state index in [1.165, 1.54) is 6.42 Å². The minimum atomic E-state index is -0.669. The van der Waals surface area contributed by atoms with Gasteiger partial charge in [0, 0.05) is 13.1 Å². The highest BCUT2D eigenvalue weighted by molar-refractivity contribution is 5.73. The van der Waals surface area contributed by atoms with Crippen molar-refractivity contribution in [1.82, 2.24) is 9.80 Å². The highest BCUT2D eigenvalue weighted by Gasteiger charge is 2.29. The molecule has 2 fully saturated rings. The van der Waals surface area contributed by atoms with Crippen LogP contribution in [0.25, 0.3) is 0 Å². The summed E-state index contributed by atoms with van der Waals surface area (Å²) in [6.45, 7) is 11.4. The summed E-state index contributed by atoms with van der Waals surface area (Å²) in [6.07, 6.45) is 4.89. The number of carboxylic acids is 1. The zero-order chi connectivity index (χ0) is 16.1. The third-order valence-electron chi connectivity index (χ3n) is 5.11. The average Bonchev–Trinajstić information content (AvgIpc) is 2.46. The van der Waals surface area contributed by atoms with Crippen molar-refractivity contribution in [3.05, 3.63) is 0 Å². The van der Waals surface area contributed by atoms with Gasteiger partial charge in [-0.3, -0.25) is 14.6 Å². The average molecular weight is 312 g/mol.